The highest BCUT2D eigenvalue weighted by Gasteiger charge is 2.27. The van der Waals surface area contributed by atoms with Crippen molar-refractivity contribution in [2.45, 2.75) is 31.3 Å². The Balaban J connectivity index is 4.00. The van der Waals surface area contributed by atoms with Gasteiger partial charge >= 0.3 is 0 Å². The molecule has 0 aliphatic heterocycles. The van der Waals surface area contributed by atoms with E-state index in [-0.39, 0.29) is 6.29 Å². The number of rotatable bonds is 4. The number of aliphatic hydroxyl groups excluding tert-OH is 4. The molecule has 0 spiro atoms. The van der Waals surface area contributed by atoms with Crippen molar-refractivity contribution in [1.29, 1.82) is 0 Å². The fourth-order valence-corrected chi connectivity index (χ4v) is 0.568. The van der Waals surface area contributed by atoms with E-state index in [0.29, 0.717) is 0 Å². The van der Waals surface area contributed by atoms with Crippen LogP contribution in [0.25, 0.3) is 0 Å². The first-order valence-corrected chi connectivity index (χ1v) is 3.18. The summed E-state index contributed by atoms with van der Waals surface area (Å²) in [6, 6.07) is 0. The van der Waals surface area contributed by atoms with Crippen LogP contribution in [0.1, 0.15) is 6.92 Å². The van der Waals surface area contributed by atoms with Crippen molar-refractivity contribution in [3.8, 4) is 0 Å². The smallest absolute Gasteiger partial charge is 0.151 e. The summed E-state index contributed by atoms with van der Waals surface area (Å²) >= 11 is 0. The van der Waals surface area contributed by atoms with Crippen molar-refractivity contribution in [3.63, 3.8) is 0 Å². The molecule has 0 aromatic carbocycles. The quantitative estimate of drug-likeness (QED) is 0.349. The van der Waals surface area contributed by atoms with Gasteiger partial charge in [-0.2, -0.15) is 0 Å². The number of hydrogen-bond donors (Lipinski definition) is 4. The van der Waals surface area contributed by atoms with Crippen LogP contribution in [-0.4, -0.2) is 51.1 Å². The summed E-state index contributed by atoms with van der Waals surface area (Å²) in [7, 11) is 0. The lowest BCUT2D eigenvalue weighted by molar-refractivity contribution is -0.132. The first-order valence-electron chi connectivity index (χ1n) is 3.18. The maximum atomic E-state index is 9.87. The Labute approximate surface area is 63.9 Å². The molecule has 0 heterocycles. The zero-order chi connectivity index (χ0) is 9.02. The van der Waals surface area contributed by atoms with Crippen molar-refractivity contribution in [3.05, 3.63) is 0 Å². The summed E-state index contributed by atoms with van der Waals surface area (Å²) in [6.45, 7) is 1.24. The Morgan fingerprint density at radius 2 is 1.55 bits per heavy atom. The molecule has 11 heavy (non-hydrogen) atoms. The molecule has 0 rings (SSSR count). The van der Waals surface area contributed by atoms with Crippen molar-refractivity contribution in [1.82, 2.24) is 0 Å². The van der Waals surface area contributed by atoms with Crippen molar-refractivity contribution in [2.24, 2.45) is 0 Å². The van der Waals surface area contributed by atoms with E-state index in [9.17, 15) is 4.79 Å². The fourth-order valence-electron chi connectivity index (χ4n) is 0.568. The lowest BCUT2D eigenvalue weighted by Gasteiger charge is -2.21. The second kappa shape index (κ2) is 4.40. The summed E-state index contributed by atoms with van der Waals surface area (Å²) in [5, 5.41) is 35.1. The van der Waals surface area contributed by atoms with Gasteiger partial charge in [0.1, 0.15) is 18.3 Å². The average Bonchev–Trinajstić information content (AvgIpc) is 2.00. The van der Waals surface area contributed by atoms with Gasteiger partial charge in [-0.1, -0.05) is 0 Å². The fraction of sp³-hybridized carbons (Fsp3) is 0.833. The van der Waals surface area contributed by atoms with Crippen LogP contribution < -0.4 is 0 Å². The Morgan fingerprint density at radius 3 is 1.82 bits per heavy atom. The van der Waals surface area contributed by atoms with Gasteiger partial charge in [0, 0.05) is 0 Å². The zero-order valence-electron chi connectivity index (χ0n) is 6.08. The molecule has 4 atom stereocenters. The van der Waals surface area contributed by atoms with Crippen LogP contribution in [0.2, 0.25) is 0 Å². The monoisotopic (exact) mass is 164 g/mol. The van der Waals surface area contributed by atoms with Gasteiger partial charge in [0.25, 0.3) is 0 Å². The highest BCUT2D eigenvalue weighted by Crippen LogP contribution is 2.02. The molecule has 0 aliphatic rings. The van der Waals surface area contributed by atoms with E-state index < -0.39 is 24.4 Å². The molecule has 5 nitrogen and oxygen atoms in total. The van der Waals surface area contributed by atoms with Gasteiger partial charge in [-0.05, 0) is 6.92 Å². The Morgan fingerprint density at radius 1 is 1.09 bits per heavy atom. The van der Waals surface area contributed by atoms with Gasteiger partial charge < -0.3 is 25.2 Å². The molecule has 5 heteroatoms. The van der Waals surface area contributed by atoms with Gasteiger partial charge in [0.2, 0.25) is 0 Å². The molecule has 0 amide bonds. The average molecular weight is 164 g/mol. The minimum Gasteiger partial charge on any atom is -0.391 e. The summed E-state index contributed by atoms with van der Waals surface area (Å²) in [5.41, 5.74) is 0. The highest BCUT2D eigenvalue weighted by molar-refractivity contribution is 5.56. The summed E-state index contributed by atoms with van der Waals surface area (Å²) in [5.74, 6) is 0. The number of carbonyl (C=O) groups excluding carboxylic acids is 1. The van der Waals surface area contributed by atoms with E-state index in [1.54, 1.807) is 0 Å². The van der Waals surface area contributed by atoms with E-state index in [0.717, 1.165) is 0 Å². The van der Waals surface area contributed by atoms with Gasteiger partial charge in [-0.3, -0.25) is 0 Å². The number of aliphatic hydroxyl groups is 4. The maximum absolute atomic E-state index is 9.87. The van der Waals surface area contributed by atoms with Crippen LogP contribution in [0.5, 0.6) is 0 Å². The van der Waals surface area contributed by atoms with Gasteiger partial charge in [-0.15, -0.1) is 0 Å². The van der Waals surface area contributed by atoms with Gasteiger partial charge in [0.05, 0.1) is 6.10 Å². The summed E-state index contributed by atoms with van der Waals surface area (Å²) < 4.78 is 0. The first-order chi connectivity index (χ1) is 5.00. The van der Waals surface area contributed by atoms with Crippen molar-refractivity contribution in [2.75, 3.05) is 0 Å². The second-order valence-electron chi connectivity index (χ2n) is 2.35. The van der Waals surface area contributed by atoms with Crippen LogP contribution >= 0.6 is 0 Å². The lowest BCUT2D eigenvalue weighted by atomic mass is 10.1. The SMILES string of the molecule is C[C@H](O)[C@@H](O)[C@H](O)[C@@H](O)C=O. The standard InChI is InChI=1S/C6H12O5/c1-3(8)5(10)6(11)4(9)2-7/h2-6,8-11H,1H3/t3-,4-,5+,6+/m0/s1. The van der Waals surface area contributed by atoms with E-state index in [2.05, 4.69) is 0 Å². The van der Waals surface area contributed by atoms with Gasteiger partial charge in [-0.25, -0.2) is 0 Å². The Bertz CT molecular complexity index is 124. The summed E-state index contributed by atoms with van der Waals surface area (Å²) in [4.78, 5) is 9.87. The Kier molecular flexibility index (Phi) is 4.20. The minimum atomic E-state index is -1.65. The van der Waals surface area contributed by atoms with Gasteiger partial charge in [0.15, 0.2) is 6.29 Å². The third-order valence-electron chi connectivity index (χ3n) is 1.33. The lowest BCUT2D eigenvalue weighted by Crippen LogP contribution is -2.43. The predicted molar refractivity (Wildman–Crippen MR) is 35.8 cm³/mol. The minimum absolute atomic E-state index is 0.0935. The molecule has 0 aromatic rings. The predicted octanol–water partition coefficient (Wildman–Crippen LogP) is -2.35. The number of carbonyl (C=O) groups is 1. The normalized spacial score (nSPS) is 21.9. The van der Waals surface area contributed by atoms with E-state index in [4.69, 9.17) is 20.4 Å². The third-order valence-corrected chi connectivity index (χ3v) is 1.33. The molecule has 4 N–H and O–H groups in total. The van der Waals surface area contributed by atoms with Crippen LogP contribution in [0, 0.1) is 0 Å². The zero-order valence-corrected chi connectivity index (χ0v) is 6.08. The molecule has 0 aliphatic carbocycles. The number of aldehydes is 1. The second-order valence-corrected chi connectivity index (χ2v) is 2.35. The number of hydrogen-bond acceptors (Lipinski definition) is 5. The molecule has 0 saturated carbocycles. The van der Waals surface area contributed by atoms with E-state index in [1.165, 1.54) is 6.92 Å². The molecule has 66 valence electrons. The highest BCUT2D eigenvalue weighted by atomic mass is 16.4. The molecule has 0 unspecified atom stereocenters. The maximum Gasteiger partial charge on any atom is 0.151 e. The molecule has 0 radical (unpaired) electrons. The Hall–Kier alpha value is -0.490. The van der Waals surface area contributed by atoms with Crippen LogP contribution in [0.4, 0.5) is 0 Å². The van der Waals surface area contributed by atoms with Crippen molar-refractivity contribution >= 4 is 6.29 Å². The van der Waals surface area contributed by atoms with Crippen LogP contribution in [-0.2, 0) is 4.79 Å². The molecule has 0 bridgehead atoms. The molecule has 0 fully saturated rings. The first kappa shape index (κ1) is 10.5. The molecule has 0 aromatic heterocycles. The summed E-state index contributed by atoms with van der Waals surface area (Å²) in [6.07, 6.45) is -5.88. The van der Waals surface area contributed by atoms with Crippen LogP contribution in [0.3, 0.4) is 0 Å². The third kappa shape index (κ3) is 2.94. The van der Waals surface area contributed by atoms with E-state index >= 15 is 0 Å². The molecular weight excluding hydrogens is 152 g/mol. The van der Waals surface area contributed by atoms with Crippen LogP contribution in [0.15, 0.2) is 0 Å². The largest absolute Gasteiger partial charge is 0.391 e. The molecular formula is C6H12O5. The van der Waals surface area contributed by atoms with E-state index in [1.807, 2.05) is 0 Å². The molecule has 0 saturated heterocycles. The van der Waals surface area contributed by atoms with Crippen molar-refractivity contribution < 1.29 is 25.2 Å². The topological polar surface area (TPSA) is 98.0 Å².